The SMILES string of the molecule is CC(=O)CC1=NCc2cc(C)c(NOO)c(C)c21. The molecular weight excluding hydrogens is 232 g/mol. The average molecular weight is 248 g/mol. The molecule has 5 heteroatoms. The van der Waals surface area contributed by atoms with E-state index in [0.717, 1.165) is 33.7 Å². The quantitative estimate of drug-likeness (QED) is 0.634. The predicted octanol–water partition coefficient (Wildman–Crippen LogP) is 2.40. The van der Waals surface area contributed by atoms with E-state index in [4.69, 9.17) is 5.26 Å². The molecular formula is C13H16N2O3. The molecule has 0 amide bonds. The smallest absolute Gasteiger partial charge is 0.135 e. The molecule has 0 saturated carbocycles. The van der Waals surface area contributed by atoms with E-state index in [0.29, 0.717) is 13.0 Å². The van der Waals surface area contributed by atoms with E-state index in [2.05, 4.69) is 15.5 Å². The molecule has 1 aromatic rings. The summed E-state index contributed by atoms with van der Waals surface area (Å²) in [5, 5.41) is 8.53. The zero-order valence-electron chi connectivity index (χ0n) is 10.7. The van der Waals surface area contributed by atoms with Crippen LogP contribution in [0, 0.1) is 13.8 Å². The first-order valence-electron chi connectivity index (χ1n) is 5.77. The molecule has 0 aliphatic carbocycles. The van der Waals surface area contributed by atoms with Crippen LogP contribution >= 0.6 is 0 Å². The van der Waals surface area contributed by atoms with E-state index in [1.165, 1.54) is 0 Å². The molecule has 2 N–H and O–H groups in total. The van der Waals surface area contributed by atoms with Gasteiger partial charge in [0.25, 0.3) is 0 Å². The van der Waals surface area contributed by atoms with Crippen molar-refractivity contribution >= 4 is 17.2 Å². The van der Waals surface area contributed by atoms with Crippen LogP contribution < -0.4 is 5.48 Å². The maximum Gasteiger partial charge on any atom is 0.135 e. The van der Waals surface area contributed by atoms with Gasteiger partial charge in [-0.2, -0.15) is 0 Å². The Hall–Kier alpha value is -1.72. The van der Waals surface area contributed by atoms with Gasteiger partial charge in [0, 0.05) is 12.0 Å². The van der Waals surface area contributed by atoms with Gasteiger partial charge in [0.1, 0.15) is 5.78 Å². The predicted molar refractivity (Wildman–Crippen MR) is 68.8 cm³/mol. The molecule has 96 valence electrons. The third kappa shape index (κ3) is 2.14. The molecule has 0 radical (unpaired) electrons. The summed E-state index contributed by atoms with van der Waals surface area (Å²) in [6.07, 6.45) is 0.344. The summed E-state index contributed by atoms with van der Waals surface area (Å²) in [6.45, 7) is 6.02. The highest BCUT2D eigenvalue weighted by atomic mass is 17.2. The van der Waals surface area contributed by atoms with Crippen molar-refractivity contribution in [2.75, 3.05) is 5.48 Å². The number of fused-ring (bicyclic) bond motifs is 1. The van der Waals surface area contributed by atoms with Crippen molar-refractivity contribution in [3.63, 3.8) is 0 Å². The van der Waals surface area contributed by atoms with Crippen LogP contribution in [-0.4, -0.2) is 16.8 Å². The molecule has 1 aromatic carbocycles. The first-order chi connectivity index (χ1) is 8.54. The Balaban J connectivity index is 2.48. The lowest BCUT2D eigenvalue weighted by atomic mass is 9.93. The minimum absolute atomic E-state index is 0.0921. The number of hydrogen-bond donors (Lipinski definition) is 2. The summed E-state index contributed by atoms with van der Waals surface area (Å²) in [6, 6.07) is 2.00. The van der Waals surface area contributed by atoms with E-state index in [-0.39, 0.29) is 5.78 Å². The van der Waals surface area contributed by atoms with Gasteiger partial charge in [-0.15, -0.1) is 4.99 Å². The van der Waals surface area contributed by atoms with Crippen LogP contribution in [0.5, 0.6) is 0 Å². The van der Waals surface area contributed by atoms with Crippen molar-refractivity contribution in [3.05, 3.63) is 28.3 Å². The number of carbonyl (C=O) groups is 1. The Labute approximate surface area is 105 Å². The van der Waals surface area contributed by atoms with Crippen molar-refractivity contribution in [2.45, 2.75) is 33.7 Å². The number of hydrogen-bond acceptors (Lipinski definition) is 5. The van der Waals surface area contributed by atoms with Crippen molar-refractivity contribution < 1.29 is 15.0 Å². The van der Waals surface area contributed by atoms with Crippen LogP contribution in [0.4, 0.5) is 5.69 Å². The zero-order chi connectivity index (χ0) is 13.3. The van der Waals surface area contributed by atoms with E-state index in [1.807, 2.05) is 19.9 Å². The van der Waals surface area contributed by atoms with Gasteiger partial charge < -0.3 is 0 Å². The van der Waals surface area contributed by atoms with E-state index < -0.39 is 0 Å². The summed E-state index contributed by atoms with van der Waals surface area (Å²) in [7, 11) is 0. The molecule has 0 aromatic heterocycles. The lowest BCUT2D eigenvalue weighted by Gasteiger charge is -2.15. The number of ketones is 1. The second-order valence-corrected chi connectivity index (χ2v) is 4.56. The van der Waals surface area contributed by atoms with Crippen LogP contribution in [0.25, 0.3) is 0 Å². The number of benzene rings is 1. The third-order valence-corrected chi connectivity index (χ3v) is 3.15. The summed E-state index contributed by atoms with van der Waals surface area (Å²) in [4.78, 5) is 19.7. The molecule has 0 saturated heterocycles. The second-order valence-electron chi connectivity index (χ2n) is 4.56. The fourth-order valence-electron chi connectivity index (χ4n) is 2.44. The highest BCUT2D eigenvalue weighted by molar-refractivity contribution is 6.14. The van der Waals surface area contributed by atoms with Gasteiger partial charge in [-0.1, -0.05) is 6.07 Å². The lowest BCUT2D eigenvalue weighted by Crippen LogP contribution is -2.10. The van der Waals surface area contributed by atoms with Crippen molar-refractivity contribution in [3.8, 4) is 0 Å². The highest BCUT2D eigenvalue weighted by Gasteiger charge is 2.22. The number of aliphatic imine (C=N–C) groups is 1. The maximum atomic E-state index is 11.2. The fraction of sp³-hybridized carbons (Fsp3) is 0.385. The van der Waals surface area contributed by atoms with E-state index >= 15 is 0 Å². The molecule has 2 rings (SSSR count). The summed E-state index contributed by atoms with van der Waals surface area (Å²) < 4.78 is 0. The number of aryl methyl sites for hydroxylation is 1. The molecule has 0 atom stereocenters. The topological polar surface area (TPSA) is 70.9 Å². The number of carbonyl (C=O) groups excluding carboxylic acids is 1. The minimum atomic E-state index is 0.0921. The number of rotatable bonds is 4. The van der Waals surface area contributed by atoms with Crippen LogP contribution in [0.2, 0.25) is 0 Å². The molecule has 0 unspecified atom stereocenters. The lowest BCUT2D eigenvalue weighted by molar-refractivity contribution is -0.215. The van der Waals surface area contributed by atoms with Gasteiger partial charge >= 0.3 is 0 Å². The van der Waals surface area contributed by atoms with Gasteiger partial charge in [-0.05, 0) is 37.5 Å². The Bertz CT molecular complexity index is 536. The van der Waals surface area contributed by atoms with E-state index in [1.54, 1.807) is 6.92 Å². The Morgan fingerprint density at radius 1 is 1.56 bits per heavy atom. The molecule has 1 aliphatic heterocycles. The van der Waals surface area contributed by atoms with Gasteiger partial charge in [-0.25, -0.2) is 10.7 Å². The number of nitrogens with zero attached hydrogens (tertiary/aromatic N) is 1. The van der Waals surface area contributed by atoms with Gasteiger partial charge in [0.15, 0.2) is 0 Å². The molecule has 1 aliphatic rings. The Morgan fingerprint density at radius 3 is 2.89 bits per heavy atom. The fourth-order valence-corrected chi connectivity index (χ4v) is 2.44. The standard InChI is InChI=1S/C13H16N2O3/c1-7-4-10-6-14-11(5-8(2)16)12(10)9(3)13(7)15-18-17/h4,15,17H,5-6H2,1-3H3. The maximum absolute atomic E-state index is 11.2. The summed E-state index contributed by atoms with van der Waals surface area (Å²) in [5.74, 6) is 0.0921. The van der Waals surface area contributed by atoms with Crippen LogP contribution in [0.1, 0.15) is 35.6 Å². The van der Waals surface area contributed by atoms with E-state index in [9.17, 15) is 4.79 Å². The highest BCUT2D eigenvalue weighted by Crippen LogP contribution is 2.32. The van der Waals surface area contributed by atoms with Crippen LogP contribution in [0.15, 0.2) is 11.1 Å². The second kappa shape index (κ2) is 4.88. The molecule has 5 nitrogen and oxygen atoms in total. The number of anilines is 1. The first kappa shape index (κ1) is 12.7. The molecule has 0 spiro atoms. The number of Topliss-reactive ketones (excluding diaryl/α,β-unsaturated/α-hetero) is 1. The zero-order valence-corrected chi connectivity index (χ0v) is 10.7. The third-order valence-electron chi connectivity index (χ3n) is 3.15. The summed E-state index contributed by atoms with van der Waals surface area (Å²) in [5.41, 5.74) is 8.02. The molecule has 0 fully saturated rings. The number of nitrogens with one attached hydrogen (secondary N) is 1. The summed E-state index contributed by atoms with van der Waals surface area (Å²) >= 11 is 0. The molecule has 1 heterocycles. The van der Waals surface area contributed by atoms with Gasteiger partial charge in [0.2, 0.25) is 0 Å². The van der Waals surface area contributed by atoms with Gasteiger partial charge in [-0.3, -0.25) is 9.79 Å². The Kier molecular flexibility index (Phi) is 3.45. The van der Waals surface area contributed by atoms with Crippen LogP contribution in [-0.2, 0) is 16.3 Å². The molecule has 18 heavy (non-hydrogen) atoms. The Morgan fingerprint density at radius 2 is 2.28 bits per heavy atom. The van der Waals surface area contributed by atoms with Crippen LogP contribution in [0.3, 0.4) is 0 Å². The van der Waals surface area contributed by atoms with Crippen molar-refractivity contribution in [2.24, 2.45) is 4.99 Å². The minimum Gasteiger partial charge on any atom is -0.300 e. The van der Waals surface area contributed by atoms with Crippen molar-refractivity contribution in [1.29, 1.82) is 0 Å². The monoisotopic (exact) mass is 248 g/mol. The van der Waals surface area contributed by atoms with Gasteiger partial charge in [0.05, 0.1) is 17.9 Å². The average Bonchev–Trinajstić information content (AvgIpc) is 2.66. The molecule has 0 bridgehead atoms. The first-order valence-corrected chi connectivity index (χ1v) is 5.77. The van der Waals surface area contributed by atoms with Crippen molar-refractivity contribution in [1.82, 2.24) is 0 Å². The normalized spacial score (nSPS) is 13.2. The largest absolute Gasteiger partial charge is 0.300 e.